The summed E-state index contributed by atoms with van der Waals surface area (Å²) in [5.41, 5.74) is -0.954. The van der Waals surface area contributed by atoms with Crippen LogP contribution in [-0.2, 0) is 26.0 Å². The normalized spacial score (nSPS) is 20.0. The van der Waals surface area contributed by atoms with E-state index in [9.17, 15) is 23.1 Å². The SMILES string of the molecule is CC1(Oc2ccc(CC(=O)O)cc2NS(=O)(=O)c2ccc(Br)cc2)C=CC=CC1C(=O)O. The molecule has 1 aliphatic rings. The number of hydrogen-bond donors (Lipinski definition) is 3. The molecule has 0 radical (unpaired) electrons. The van der Waals surface area contributed by atoms with Crippen molar-refractivity contribution in [1.82, 2.24) is 0 Å². The van der Waals surface area contributed by atoms with E-state index in [2.05, 4.69) is 20.7 Å². The quantitative estimate of drug-likeness (QED) is 0.480. The van der Waals surface area contributed by atoms with Crippen LogP contribution in [0.25, 0.3) is 0 Å². The number of halogens is 1. The Kier molecular flexibility index (Phi) is 6.75. The lowest BCUT2D eigenvalue weighted by molar-refractivity contribution is -0.144. The van der Waals surface area contributed by atoms with Gasteiger partial charge in [0.2, 0.25) is 0 Å². The molecule has 0 heterocycles. The van der Waals surface area contributed by atoms with Gasteiger partial charge in [0.25, 0.3) is 10.0 Å². The minimum absolute atomic E-state index is 0.0000133. The molecule has 0 aliphatic heterocycles. The van der Waals surface area contributed by atoms with Crippen LogP contribution in [0.15, 0.2) is 76.1 Å². The first-order chi connectivity index (χ1) is 15.0. The predicted molar refractivity (Wildman–Crippen MR) is 121 cm³/mol. The van der Waals surface area contributed by atoms with E-state index >= 15 is 0 Å². The Hall–Kier alpha value is -3.11. The Morgan fingerprint density at radius 1 is 1.12 bits per heavy atom. The highest BCUT2D eigenvalue weighted by Crippen LogP contribution is 2.36. The fraction of sp³-hybridized carbons (Fsp3) is 0.182. The number of anilines is 1. The van der Waals surface area contributed by atoms with Crippen molar-refractivity contribution in [2.45, 2.75) is 23.8 Å². The maximum atomic E-state index is 12.9. The van der Waals surface area contributed by atoms with E-state index < -0.39 is 33.5 Å². The fourth-order valence-corrected chi connectivity index (χ4v) is 4.55. The molecule has 0 spiro atoms. The van der Waals surface area contributed by atoms with E-state index in [1.807, 2.05) is 0 Å². The van der Waals surface area contributed by atoms with E-state index in [1.165, 1.54) is 36.4 Å². The number of allylic oxidation sites excluding steroid dienone is 2. The van der Waals surface area contributed by atoms with Crippen LogP contribution in [0.3, 0.4) is 0 Å². The van der Waals surface area contributed by atoms with Gasteiger partial charge in [-0.1, -0.05) is 40.2 Å². The minimum Gasteiger partial charge on any atom is -0.481 e. The molecule has 2 aromatic rings. The van der Waals surface area contributed by atoms with Gasteiger partial charge < -0.3 is 14.9 Å². The van der Waals surface area contributed by atoms with Crippen LogP contribution in [-0.4, -0.2) is 36.2 Å². The highest BCUT2D eigenvalue weighted by molar-refractivity contribution is 9.10. The van der Waals surface area contributed by atoms with Gasteiger partial charge in [-0.25, -0.2) is 8.42 Å². The highest BCUT2D eigenvalue weighted by Gasteiger charge is 2.39. The first kappa shape index (κ1) is 23.6. The molecule has 3 N–H and O–H groups in total. The Morgan fingerprint density at radius 3 is 2.44 bits per heavy atom. The molecular formula is C22H20BrNO7S. The average molecular weight is 522 g/mol. The van der Waals surface area contributed by atoms with Crippen molar-refractivity contribution in [3.8, 4) is 5.75 Å². The molecule has 0 aromatic heterocycles. The molecule has 8 nitrogen and oxygen atoms in total. The van der Waals surface area contributed by atoms with Crippen molar-refractivity contribution in [2.75, 3.05) is 4.72 Å². The smallest absolute Gasteiger partial charge is 0.314 e. The maximum Gasteiger partial charge on any atom is 0.314 e. The van der Waals surface area contributed by atoms with Gasteiger partial charge >= 0.3 is 11.9 Å². The Labute approximate surface area is 193 Å². The van der Waals surface area contributed by atoms with Crippen molar-refractivity contribution in [3.63, 3.8) is 0 Å². The van der Waals surface area contributed by atoms with Crippen LogP contribution in [0, 0.1) is 5.92 Å². The van der Waals surface area contributed by atoms with Crippen LogP contribution >= 0.6 is 15.9 Å². The van der Waals surface area contributed by atoms with Gasteiger partial charge in [-0.2, -0.15) is 0 Å². The zero-order chi connectivity index (χ0) is 23.5. The summed E-state index contributed by atoms with van der Waals surface area (Å²) >= 11 is 3.25. The number of carboxylic acid groups (broad SMARTS) is 2. The number of hydrogen-bond acceptors (Lipinski definition) is 5. The summed E-state index contributed by atoms with van der Waals surface area (Å²) in [4.78, 5) is 22.8. The van der Waals surface area contributed by atoms with Crippen LogP contribution in [0.2, 0.25) is 0 Å². The largest absolute Gasteiger partial charge is 0.481 e. The third-order valence-corrected chi connectivity index (χ3v) is 6.73. The van der Waals surface area contributed by atoms with Crippen molar-refractivity contribution in [2.24, 2.45) is 5.92 Å². The number of carboxylic acids is 2. The number of benzene rings is 2. The number of carbonyl (C=O) groups is 2. The second-order valence-electron chi connectivity index (χ2n) is 7.31. The van der Waals surface area contributed by atoms with Gasteiger partial charge in [0, 0.05) is 4.47 Å². The Bertz CT molecular complexity index is 1210. The summed E-state index contributed by atoms with van der Waals surface area (Å²) in [5.74, 6) is -3.14. The summed E-state index contributed by atoms with van der Waals surface area (Å²) in [6.07, 6.45) is 5.96. The van der Waals surface area contributed by atoms with Crippen LogP contribution in [0.1, 0.15) is 12.5 Å². The molecule has 0 amide bonds. The van der Waals surface area contributed by atoms with Gasteiger partial charge in [0.05, 0.1) is 17.0 Å². The molecule has 168 valence electrons. The van der Waals surface area contributed by atoms with Crippen LogP contribution in [0.5, 0.6) is 5.75 Å². The van der Waals surface area contributed by atoms with E-state index in [0.717, 1.165) is 0 Å². The summed E-state index contributed by atoms with van der Waals surface area (Å²) < 4.78 is 35.0. The second kappa shape index (κ2) is 9.17. The molecule has 2 atom stereocenters. The number of sulfonamides is 1. The molecule has 1 aliphatic carbocycles. The van der Waals surface area contributed by atoms with Crippen LogP contribution in [0.4, 0.5) is 5.69 Å². The molecule has 32 heavy (non-hydrogen) atoms. The predicted octanol–water partition coefficient (Wildman–Crippen LogP) is 3.84. The van der Waals surface area contributed by atoms with Crippen molar-refractivity contribution < 1.29 is 33.0 Å². The minimum atomic E-state index is -4.03. The Balaban J connectivity index is 2.02. The van der Waals surface area contributed by atoms with E-state index in [0.29, 0.717) is 10.0 Å². The van der Waals surface area contributed by atoms with Gasteiger partial charge in [-0.15, -0.1) is 0 Å². The molecule has 0 saturated heterocycles. The molecule has 2 aromatic carbocycles. The number of aliphatic carboxylic acids is 2. The molecule has 10 heteroatoms. The number of rotatable bonds is 8. The zero-order valence-electron chi connectivity index (χ0n) is 16.9. The van der Waals surface area contributed by atoms with Crippen LogP contribution < -0.4 is 9.46 Å². The van der Waals surface area contributed by atoms with Gasteiger partial charge in [-0.3, -0.25) is 14.3 Å². The van der Waals surface area contributed by atoms with Gasteiger partial charge in [-0.05, 0) is 55.0 Å². The molecule has 0 saturated carbocycles. The lowest BCUT2D eigenvalue weighted by Gasteiger charge is -2.34. The van der Waals surface area contributed by atoms with Crippen molar-refractivity contribution in [1.29, 1.82) is 0 Å². The molecular weight excluding hydrogens is 502 g/mol. The monoisotopic (exact) mass is 521 g/mol. The van der Waals surface area contributed by atoms with Gasteiger partial charge in [0.1, 0.15) is 17.3 Å². The summed E-state index contributed by atoms with van der Waals surface area (Å²) in [7, 11) is -4.03. The topological polar surface area (TPSA) is 130 Å². The molecule has 0 fully saturated rings. The van der Waals surface area contributed by atoms with Crippen molar-refractivity contribution in [3.05, 3.63) is 76.8 Å². The first-order valence-electron chi connectivity index (χ1n) is 9.41. The number of nitrogens with one attached hydrogen (secondary N) is 1. The fourth-order valence-electron chi connectivity index (χ4n) is 3.23. The molecule has 3 rings (SSSR count). The van der Waals surface area contributed by atoms with E-state index in [-0.39, 0.29) is 22.8 Å². The number of ether oxygens (including phenoxy) is 1. The third kappa shape index (κ3) is 5.38. The lowest BCUT2D eigenvalue weighted by Crippen LogP contribution is -2.43. The summed E-state index contributed by atoms with van der Waals surface area (Å²) in [6.45, 7) is 1.57. The zero-order valence-corrected chi connectivity index (χ0v) is 19.3. The van der Waals surface area contributed by atoms with E-state index in [1.54, 1.807) is 37.3 Å². The second-order valence-corrected chi connectivity index (χ2v) is 9.90. The molecule has 0 bridgehead atoms. The van der Waals surface area contributed by atoms with Crippen molar-refractivity contribution >= 4 is 43.6 Å². The third-order valence-electron chi connectivity index (χ3n) is 4.82. The molecule has 2 unspecified atom stereocenters. The highest BCUT2D eigenvalue weighted by atomic mass is 79.9. The standard InChI is InChI=1S/C22H20BrNO7S/c1-22(11-3-2-4-17(22)21(27)28)31-19-10-5-14(13-20(25)26)12-18(19)24-32(29,30)16-8-6-15(23)7-9-16/h2-12,17,24H,13H2,1H3,(H,25,26)(H,27,28). The average Bonchev–Trinajstić information content (AvgIpc) is 2.69. The van der Waals surface area contributed by atoms with E-state index in [4.69, 9.17) is 9.84 Å². The Morgan fingerprint density at radius 2 is 1.81 bits per heavy atom. The summed E-state index contributed by atoms with van der Waals surface area (Å²) in [6, 6.07) is 10.2. The maximum absolute atomic E-state index is 12.9. The summed E-state index contributed by atoms with van der Waals surface area (Å²) in [5, 5.41) is 18.7. The first-order valence-corrected chi connectivity index (χ1v) is 11.7. The lowest BCUT2D eigenvalue weighted by atomic mass is 9.85. The van der Waals surface area contributed by atoms with Gasteiger partial charge in [0.15, 0.2) is 0 Å².